The van der Waals surface area contributed by atoms with Crippen LogP contribution >= 0.6 is 0 Å². The number of anilines is 1. The minimum atomic E-state index is -1.01. The van der Waals surface area contributed by atoms with Crippen LogP contribution in [0.1, 0.15) is 13.2 Å². The zero-order valence-electron chi connectivity index (χ0n) is 11.8. The van der Waals surface area contributed by atoms with E-state index in [-0.39, 0.29) is 6.61 Å². The molecule has 4 N–H and O–H groups in total. The van der Waals surface area contributed by atoms with E-state index in [9.17, 15) is 10.2 Å². The average Bonchev–Trinajstić information content (AvgIpc) is 3.01. The molecule has 2 aromatic rings. The molecule has 4 atom stereocenters. The van der Waals surface area contributed by atoms with Crippen molar-refractivity contribution in [3.8, 4) is 0 Å². The lowest BCUT2D eigenvalue weighted by molar-refractivity contribution is -0.118. The van der Waals surface area contributed by atoms with Crippen molar-refractivity contribution in [1.82, 2.24) is 14.5 Å². The van der Waals surface area contributed by atoms with E-state index < -0.39 is 24.0 Å². The molecule has 1 fully saturated rings. The predicted molar refractivity (Wildman–Crippen MR) is 74.4 cm³/mol. The first-order valence-electron chi connectivity index (χ1n) is 6.59. The van der Waals surface area contributed by atoms with E-state index in [1.165, 1.54) is 13.4 Å². The van der Waals surface area contributed by atoms with E-state index in [1.54, 1.807) is 23.8 Å². The third-order valence-electron chi connectivity index (χ3n) is 4.15. The zero-order valence-corrected chi connectivity index (χ0v) is 11.8. The largest absolute Gasteiger partial charge is 0.394 e. The number of nitrogens with zero attached hydrogens (tertiary/aromatic N) is 3. The molecule has 0 aromatic carbocycles. The Balaban J connectivity index is 2.11. The van der Waals surface area contributed by atoms with Crippen LogP contribution in [-0.2, 0) is 9.47 Å². The molecular formula is C13H18N4O4. The summed E-state index contributed by atoms with van der Waals surface area (Å²) in [6, 6.07) is 1.78. The highest BCUT2D eigenvalue weighted by molar-refractivity contribution is 5.86. The summed E-state index contributed by atoms with van der Waals surface area (Å²) in [6.45, 7) is 1.43. The standard InChI is InChI=1S/C13H18N4O4/c1-13(20-2)9(19)8(5-18)21-12(13)17-4-3-7-10(14)15-6-16-11(7)17/h3-4,6,8-9,12,18-19H,5H2,1-2H3,(H2,14,15,16). The number of ether oxygens (including phenoxy) is 2. The first-order chi connectivity index (χ1) is 10.0. The number of rotatable bonds is 3. The molecule has 2 aromatic heterocycles. The SMILES string of the molecule is COC1(C)C(O)C(CO)OC1n1ccc2c(N)ncnc21. The van der Waals surface area contributed by atoms with Gasteiger partial charge in [0.15, 0.2) is 6.23 Å². The van der Waals surface area contributed by atoms with Crippen molar-refractivity contribution < 1.29 is 19.7 Å². The van der Waals surface area contributed by atoms with Crippen LogP contribution in [0.15, 0.2) is 18.6 Å². The van der Waals surface area contributed by atoms with E-state index in [4.69, 9.17) is 15.2 Å². The first-order valence-corrected chi connectivity index (χ1v) is 6.59. The summed E-state index contributed by atoms with van der Waals surface area (Å²) in [4.78, 5) is 8.16. The van der Waals surface area contributed by atoms with Gasteiger partial charge in [-0.3, -0.25) is 0 Å². The molecule has 0 saturated carbocycles. The van der Waals surface area contributed by atoms with Crippen LogP contribution in [0.25, 0.3) is 11.0 Å². The summed E-state index contributed by atoms with van der Waals surface area (Å²) in [5.41, 5.74) is 5.39. The Morgan fingerprint density at radius 3 is 2.95 bits per heavy atom. The first kappa shape index (κ1) is 14.2. The highest BCUT2D eigenvalue weighted by Gasteiger charge is 2.54. The minimum Gasteiger partial charge on any atom is -0.394 e. The van der Waals surface area contributed by atoms with Crippen molar-refractivity contribution in [2.45, 2.75) is 31.0 Å². The molecule has 8 heteroatoms. The molecule has 21 heavy (non-hydrogen) atoms. The van der Waals surface area contributed by atoms with Crippen molar-refractivity contribution in [2.24, 2.45) is 0 Å². The maximum Gasteiger partial charge on any atom is 0.167 e. The molecule has 1 aliphatic heterocycles. The third kappa shape index (κ3) is 1.91. The average molecular weight is 294 g/mol. The number of nitrogens with two attached hydrogens (primary N) is 1. The topological polar surface area (TPSA) is 116 Å². The Hall–Kier alpha value is -1.74. The smallest absolute Gasteiger partial charge is 0.167 e. The maximum atomic E-state index is 10.3. The van der Waals surface area contributed by atoms with Gasteiger partial charge in [-0.15, -0.1) is 0 Å². The van der Waals surface area contributed by atoms with Crippen LogP contribution < -0.4 is 5.73 Å². The number of methoxy groups -OCH3 is 1. The Kier molecular flexibility index (Phi) is 3.33. The van der Waals surface area contributed by atoms with Crippen LogP contribution in [0.4, 0.5) is 5.82 Å². The normalized spacial score (nSPS) is 32.9. The van der Waals surface area contributed by atoms with Gasteiger partial charge in [0.1, 0.15) is 35.6 Å². The van der Waals surface area contributed by atoms with Crippen LogP contribution in [0, 0.1) is 0 Å². The molecule has 0 spiro atoms. The van der Waals surface area contributed by atoms with Gasteiger partial charge in [-0.1, -0.05) is 0 Å². The van der Waals surface area contributed by atoms with Crippen molar-refractivity contribution in [3.05, 3.63) is 18.6 Å². The van der Waals surface area contributed by atoms with Gasteiger partial charge < -0.3 is 30.0 Å². The second kappa shape index (κ2) is 4.92. The van der Waals surface area contributed by atoms with Gasteiger partial charge in [0.2, 0.25) is 0 Å². The van der Waals surface area contributed by atoms with E-state index >= 15 is 0 Å². The van der Waals surface area contributed by atoms with E-state index in [1.807, 2.05) is 0 Å². The summed E-state index contributed by atoms with van der Waals surface area (Å²) in [7, 11) is 1.49. The van der Waals surface area contributed by atoms with E-state index in [2.05, 4.69) is 9.97 Å². The summed E-state index contributed by atoms with van der Waals surface area (Å²) in [5, 5.41) is 20.4. The second-order valence-electron chi connectivity index (χ2n) is 5.26. The van der Waals surface area contributed by atoms with Gasteiger partial charge in [0.25, 0.3) is 0 Å². The molecule has 0 bridgehead atoms. The van der Waals surface area contributed by atoms with E-state index in [0.717, 1.165) is 0 Å². The molecule has 3 rings (SSSR count). The molecule has 1 saturated heterocycles. The van der Waals surface area contributed by atoms with Crippen molar-refractivity contribution in [3.63, 3.8) is 0 Å². The molecule has 1 aliphatic rings. The van der Waals surface area contributed by atoms with Gasteiger partial charge in [-0.05, 0) is 13.0 Å². The molecule has 8 nitrogen and oxygen atoms in total. The van der Waals surface area contributed by atoms with Crippen LogP contribution in [0.3, 0.4) is 0 Å². The Morgan fingerprint density at radius 2 is 2.29 bits per heavy atom. The molecular weight excluding hydrogens is 276 g/mol. The lowest BCUT2D eigenvalue weighted by atomic mass is 9.96. The van der Waals surface area contributed by atoms with Crippen LogP contribution in [0.5, 0.6) is 0 Å². The van der Waals surface area contributed by atoms with Gasteiger partial charge in [0, 0.05) is 13.3 Å². The molecule has 114 valence electrons. The van der Waals surface area contributed by atoms with Crippen molar-refractivity contribution in [2.75, 3.05) is 19.5 Å². The van der Waals surface area contributed by atoms with Gasteiger partial charge in [0.05, 0.1) is 12.0 Å². The summed E-state index contributed by atoms with van der Waals surface area (Å²) >= 11 is 0. The lowest BCUT2D eigenvalue weighted by Crippen LogP contribution is -2.46. The number of hydrogen-bond donors (Lipinski definition) is 3. The fraction of sp³-hybridized carbons (Fsp3) is 0.538. The minimum absolute atomic E-state index is 0.299. The fourth-order valence-corrected chi connectivity index (χ4v) is 2.78. The highest BCUT2D eigenvalue weighted by atomic mass is 16.6. The molecule has 3 heterocycles. The second-order valence-corrected chi connectivity index (χ2v) is 5.26. The summed E-state index contributed by atoms with van der Waals surface area (Å²) < 4.78 is 13.0. The quantitative estimate of drug-likeness (QED) is 0.709. The molecule has 0 radical (unpaired) electrons. The molecule has 0 aliphatic carbocycles. The number of fused-ring (bicyclic) bond motifs is 1. The molecule has 4 unspecified atom stereocenters. The van der Waals surface area contributed by atoms with E-state index in [0.29, 0.717) is 16.9 Å². The monoisotopic (exact) mass is 294 g/mol. The summed E-state index contributed by atoms with van der Waals surface area (Å²) in [6.07, 6.45) is 0.796. The summed E-state index contributed by atoms with van der Waals surface area (Å²) in [5.74, 6) is 0.370. The third-order valence-corrected chi connectivity index (χ3v) is 4.15. The molecule has 0 amide bonds. The number of nitrogen functional groups attached to an aromatic ring is 1. The Bertz CT molecular complexity index is 661. The maximum absolute atomic E-state index is 10.3. The predicted octanol–water partition coefficient (Wildman–Crippen LogP) is -0.331. The van der Waals surface area contributed by atoms with Crippen molar-refractivity contribution >= 4 is 16.9 Å². The van der Waals surface area contributed by atoms with Crippen LogP contribution in [-0.4, -0.2) is 56.3 Å². The Labute approximate surface area is 121 Å². The van der Waals surface area contributed by atoms with Gasteiger partial charge in [-0.2, -0.15) is 0 Å². The van der Waals surface area contributed by atoms with Gasteiger partial charge in [-0.25, -0.2) is 9.97 Å². The number of aliphatic hydroxyl groups is 2. The van der Waals surface area contributed by atoms with Crippen molar-refractivity contribution in [1.29, 1.82) is 0 Å². The number of hydrogen-bond acceptors (Lipinski definition) is 7. The lowest BCUT2D eigenvalue weighted by Gasteiger charge is -2.31. The highest BCUT2D eigenvalue weighted by Crippen LogP contribution is 2.42. The fourth-order valence-electron chi connectivity index (χ4n) is 2.78. The number of aromatic nitrogens is 3. The Morgan fingerprint density at radius 1 is 1.52 bits per heavy atom. The number of aliphatic hydroxyl groups excluding tert-OH is 2. The van der Waals surface area contributed by atoms with Gasteiger partial charge >= 0.3 is 0 Å². The zero-order chi connectivity index (χ0) is 15.2. The van der Waals surface area contributed by atoms with Crippen LogP contribution in [0.2, 0.25) is 0 Å².